The molecule has 0 bridgehead atoms. The fraction of sp³-hybridized carbons (Fsp3) is 0.379. The number of nitrogens with zero attached hydrogens (tertiary/aromatic N) is 8. The fourth-order valence-corrected chi connectivity index (χ4v) is 6.25. The molecule has 2 aliphatic rings. The third kappa shape index (κ3) is 4.02. The van der Waals surface area contributed by atoms with Gasteiger partial charge in [-0.2, -0.15) is 5.10 Å². The highest BCUT2D eigenvalue weighted by Crippen LogP contribution is 2.37. The minimum absolute atomic E-state index is 0.320. The molecule has 4 heterocycles. The lowest BCUT2D eigenvalue weighted by Gasteiger charge is -2.41. The molecule has 0 amide bonds. The zero-order valence-electron chi connectivity index (χ0n) is 21.7. The van der Waals surface area contributed by atoms with Gasteiger partial charge in [0, 0.05) is 43.5 Å². The van der Waals surface area contributed by atoms with Crippen molar-refractivity contribution in [3.05, 3.63) is 61.2 Å². The van der Waals surface area contributed by atoms with E-state index in [4.69, 9.17) is 10.8 Å². The average Bonchev–Trinajstić information content (AvgIpc) is 3.57. The predicted molar refractivity (Wildman–Crippen MR) is 150 cm³/mol. The maximum atomic E-state index is 6.41. The number of rotatable bonds is 4. The molecule has 0 spiro atoms. The van der Waals surface area contributed by atoms with Crippen molar-refractivity contribution in [2.75, 3.05) is 39.0 Å². The minimum Gasteiger partial charge on any atom is -0.383 e. The van der Waals surface area contributed by atoms with Crippen molar-refractivity contribution in [2.24, 2.45) is 0 Å². The van der Waals surface area contributed by atoms with Crippen molar-refractivity contribution >= 4 is 27.9 Å². The summed E-state index contributed by atoms with van der Waals surface area (Å²) in [7, 11) is 2.22. The number of likely N-dealkylation sites (N-methyl/N-ethyl adjacent to an activating group) is 1. The first-order valence-corrected chi connectivity index (χ1v) is 13.6. The topological polar surface area (TPSA) is 93.9 Å². The van der Waals surface area contributed by atoms with E-state index >= 15 is 0 Å². The number of hydrogen-bond acceptors (Lipinski definition) is 7. The number of piperazine rings is 1. The second-order valence-electron chi connectivity index (χ2n) is 10.7. The lowest BCUT2D eigenvalue weighted by Crippen LogP contribution is -2.49. The van der Waals surface area contributed by atoms with Crippen LogP contribution >= 0.6 is 0 Å². The van der Waals surface area contributed by atoms with Gasteiger partial charge in [-0.1, -0.05) is 24.3 Å². The summed E-state index contributed by atoms with van der Waals surface area (Å²) >= 11 is 0. The lowest BCUT2D eigenvalue weighted by atomic mass is 9.90. The van der Waals surface area contributed by atoms with Crippen molar-refractivity contribution in [1.82, 2.24) is 39.1 Å². The number of nitrogen functional groups attached to an aromatic ring is 1. The molecule has 38 heavy (non-hydrogen) atoms. The Balaban J connectivity index is 1.18. The highest BCUT2D eigenvalue weighted by atomic mass is 15.3. The molecule has 5 aromatic rings. The average molecular weight is 508 g/mol. The molecule has 0 unspecified atom stereocenters. The normalized spacial score (nSPS) is 21.4. The maximum Gasteiger partial charge on any atom is 0.164 e. The summed E-state index contributed by atoms with van der Waals surface area (Å²) in [6.07, 6.45) is 8.02. The monoisotopic (exact) mass is 507 g/mol. The molecule has 2 N–H and O–H groups in total. The SMILES string of the molecule is CN1CCN(C2CCC(n3nc(-c4ccc(-n5cnc6ccccc65)cc4)c4c(N)ncnc43)CC2)CC1. The van der Waals surface area contributed by atoms with Crippen LogP contribution in [-0.2, 0) is 0 Å². The first kappa shape index (κ1) is 23.3. The number of benzene rings is 2. The molecule has 3 aromatic heterocycles. The molecule has 194 valence electrons. The Hall–Kier alpha value is -3.82. The Bertz CT molecular complexity index is 1570. The van der Waals surface area contributed by atoms with E-state index < -0.39 is 0 Å². The van der Waals surface area contributed by atoms with Crippen LogP contribution in [0.2, 0.25) is 0 Å². The van der Waals surface area contributed by atoms with Crippen molar-refractivity contribution in [3.8, 4) is 16.9 Å². The van der Waals surface area contributed by atoms with Gasteiger partial charge in [0.15, 0.2) is 5.65 Å². The van der Waals surface area contributed by atoms with Crippen molar-refractivity contribution in [3.63, 3.8) is 0 Å². The molecule has 2 fully saturated rings. The molecule has 1 aliphatic carbocycles. The number of nitrogens with two attached hydrogens (primary N) is 1. The molecule has 0 radical (unpaired) electrons. The zero-order chi connectivity index (χ0) is 25.6. The van der Waals surface area contributed by atoms with E-state index in [1.807, 2.05) is 24.5 Å². The van der Waals surface area contributed by atoms with Crippen LogP contribution in [0.5, 0.6) is 0 Å². The van der Waals surface area contributed by atoms with Crippen LogP contribution in [0, 0.1) is 0 Å². The van der Waals surface area contributed by atoms with Crippen LogP contribution in [0.1, 0.15) is 31.7 Å². The molecule has 1 saturated carbocycles. The third-order valence-corrected chi connectivity index (χ3v) is 8.46. The molecule has 0 atom stereocenters. The van der Waals surface area contributed by atoms with Crippen molar-refractivity contribution in [2.45, 2.75) is 37.8 Å². The summed E-state index contributed by atoms with van der Waals surface area (Å²) in [5.74, 6) is 0.479. The van der Waals surface area contributed by atoms with Crippen molar-refractivity contribution in [1.29, 1.82) is 0 Å². The predicted octanol–water partition coefficient (Wildman–Crippen LogP) is 4.15. The van der Waals surface area contributed by atoms with E-state index in [1.54, 1.807) is 6.33 Å². The summed E-state index contributed by atoms with van der Waals surface area (Å²) in [5, 5.41) is 5.97. The second-order valence-corrected chi connectivity index (χ2v) is 10.7. The molecular weight excluding hydrogens is 474 g/mol. The van der Waals surface area contributed by atoms with Crippen LogP contribution < -0.4 is 5.73 Å². The Morgan fingerprint density at radius 2 is 1.55 bits per heavy atom. The van der Waals surface area contributed by atoms with E-state index in [9.17, 15) is 0 Å². The van der Waals surface area contributed by atoms with Gasteiger partial charge in [-0.3, -0.25) is 9.47 Å². The van der Waals surface area contributed by atoms with Gasteiger partial charge in [-0.25, -0.2) is 19.6 Å². The van der Waals surface area contributed by atoms with Gasteiger partial charge in [0.25, 0.3) is 0 Å². The standard InChI is InChI=1S/C29H33N9/c1-35-14-16-36(17-15-35)21-10-12-23(13-11-21)38-29-26(28(30)31-18-32-29)27(34-38)20-6-8-22(9-7-20)37-19-33-24-4-2-3-5-25(24)37/h2-9,18-19,21,23H,10-17H2,1H3,(H2,30,31,32). The van der Waals surface area contributed by atoms with E-state index in [2.05, 4.69) is 71.4 Å². The molecule has 7 rings (SSSR count). The largest absolute Gasteiger partial charge is 0.383 e. The fourth-order valence-electron chi connectivity index (χ4n) is 6.25. The number of anilines is 1. The Morgan fingerprint density at radius 3 is 2.34 bits per heavy atom. The summed E-state index contributed by atoms with van der Waals surface area (Å²) in [6, 6.07) is 17.6. The third-order valence-electron chi connectivity index (χ3n) is 8.46. The smallest absolute Gasteiger partial charge is 0.164 e. The Morgan fingerprint density at radius 1 is 0.816 bits per heavy atom. The molecule has 1 saturated heterocycles. The van der Waals surface area contributed by atoms with Crippen LogP contribution in [0.3, 0.4) is 0 Å². The van der Waals surface area contributed by atoms with Crippen molar-refractivity contribution < 1.29 is 0 Å². The number of fused-ring (bicyclic) bond motifs is 2. The molecule has 2 aromatic carbocycles. The van der Waals surface area contributed by atoms with E-state index in [0.717, 1.165) is 51.9 Å². The number of para-hydroxylation sites is 2. The zero-order valence-corrected chi connectivity index (χ0v) is 21.7. The van der Waals surface area contributed by atoms with E-state index in [0.29, 0.717) is 17.9 Å². The molecule has 9 heteroatoms. The van der Waals surface area contributed by atoms with Gasteiger partial charge < -0.3 is 10.6 Å². The number of hydrogen-bond donors (Lipinski definition) is 1. The Kier molecular flexibility index (Phi) is 5.82. The maximum absolute atomic E-state index is 6.41. The summed E-state index contributed by atoms with van der Waals surface area (Å²) in [4.78, 5) is 18.6. The van der Waals surface area contributed by atoms with Gasteiger partial charge in [-0.15, -0.1) is 0 Å². The van der Waals surface area contributed by atoms with Crippen LogP contribution in [0.4, 0.5) is 5.82 Å². The Labute approximate surface area is 221 Å². The van der Waals surface area contributed by atoms with Crippen LogP contribution in [0.25, 0.3) is 39.0 Å². The lowest BCUT2D eigenvalue weighted by molar-refractivity contribution is 0.0815. The minimum atomic E-state index is 0.320. The first-order chi connectivity index (χ1) is 18.7. The molecule has 1 aliphatic heterocycles. The first-order valence-electron chi connectivity index (χ1n) is 13.6. The van der Waals surface area contributed by atoms with Crippen LogP contribution in [0.15, 0.2) is 61.2 Å². The highest BCUT2D eigenvalue weighted by molar-refractivity contribution is 5.98. The highest BCUT2D eigenvalue weighted by Gasteiger charge is 2.30. The van der Waals surface area contributed by atoms with E-state index in [1.165, 1.54) is 39.0 Å². The van der Waals surface area contributed by atoms with Crippen LogP contribution in [-0.4, -0.2) is 78.4 Å². The van der Waals surface area contributed by atoms with Gasteiger partial charge in [0.1, 0.15) is 24.2 Å². The van der Waals surface area contributed by atoms with E-state index in [-0.39, 0.29) is 0 Å². The number of imidazole rings is 1. The quantitative estimate of drug-likeness (QED) is 0.391. The summed E-state index contributed by atoms with van der Waals surface area (Å²) in [6.45, 7) is 4.68. The second kappa shape index (κ2) is 9.49. The van der Waals surface area contributed by atoms with Gasteiger partial charge >= 0.3 is 0 Å². The molecular formula is C29H33N9. The van der Waals surface area contributed by atoms with Gasteiger partial charge in [0.05, 0.1) is 22.5 Å². The summed E-state index contributed by atoms with van der Waals surface area (Å²) in [5.41, 5.74) is 12.2. The number of aromatic nitrogens is 6. The van der Waals surface area contributed by atoms with Gasteiger partial charge in [-0.05, 0) is 57.0 Å². The summed E-state index contributed by atoms with van der Waals surface area (Å²) < 4.78 is 4.23. The van der Waals surface area contributed by atoms with Gasteiger partial charge in [0.2, 0.25) is 0 Å². The molecule has 9 nitrogen and oxygen atoms in total.